The lowest BCUT2D eigenvalue weighted by molar-refractivity contribution is -0.140. The van der Waals surface area contributed by atoms with Crippen LogP contribution in [0.25, 0.3) is 0 Å². The van der Waals surface area contributed by atoms with E-state index in [0.29, 0.717) is 17.0 Å². The van der Waals surface area contributed by atoms with Gasteiger partial charge in [0.15, 0.2) is 0 Å². The van der Waals surface area contributed by atoms with Crippen molar-refractivity contribution in [3.05, 3.63) is 45.6 Å². The summed E-state index contributed by atoms with van der Waals surface area (Å²) >= 11 is 3.33. The summed E-state index contributed by atoms with van der Waals surface area (Å²) in [5.74, 6) is -3.95. The zero-order valence-corrected chi connectivity index (χ0v) is 13.1. The van der Waals surface area contributed by atoms with Crippen molar-refractivity contribution in [1.82, 2.24) is 0 Å². The summed E-state index contributed by atoms with van der Waals surface area (Å²) in [6, 6.07) is 7.05. The van der Waals surface area contributed by atoms with Gasteiger partial charge in [-0.1, -0.05) is 28.1 Å². The molecule has 2 rings (SSSR count). The van der Waals surface area contributed by atoms with Gasteiger partial charge in [0, 0.05) is 21.8 Å². The van der Waals surface area contributed by atoms with Crippen LogP contribution < -0.4 is 0 Å². The lowest BCUT2D eigenvalue weighted by Crippen LogP contribution is -2.34. The molecule has 0 amide bonds. The Morgan fingerprint density at radius 3 is 2.43 bits per heavy atom. The second-order valence-electron chi connectivity index (χ2n) is 4.91. The number of carboxylic acid groups (broad SMARTS) is 2. The van der Waals surface area contributed by atoms with Crippen LogP contribution in [-0.4, -0.2) is 27.9 Å². The topological polar surface area (TPSA) is 87.0 Å². The van der Waals surface area contributed by atoms with Gasteiger partial charge >= 0.3 is 11.9 Å². The second-order valence-corrected chi connectivity index (χ2v) is 5.82. The minimum atomic E-state index is -1.14. The number of carbonyl (C=O) groups is 2. The molecule has 110 valence electrons. The molecule has 0 saturated heterocycles. The molecule has 1 aromatic carbocycles. The van der Waals surface area contributed by atoms with Gasteiger partial charge in [0.2, 0.25) is 0 Å². The third kappa shape index (κ3) is 2.90. The molecule has 1 aliphatic rings. The number of halogens is 1. The third-order valence-corrected chi connectivity index (χ3v) is 4.03. The lowest BCUT2D eigenvalue weighted by Gasteiger charge is -2.29. The van der Waals surface area contributed by atoms with Crippen LogP contribution in [0, 0.1) is 5.92 Å². The number of benzene rings is 1. The maximum absolute atomic E-state index is 11.6. The van der Waals surface area contributed by atoms with Crippen LogP contribution in [0.4, 0.5) is 0 Å². The summed E-state index contributed by atoms with van der Waals surface area (Å²) < 4.78 is 0.770. The van der Waals surface area contributed by atoms with Gasteiger partial charge in [-0.05, 0) is 31.5 Å². The normalized spacial score (nSPS) is 22.0. The number of aliphatic carboxylic acids is 2. The quantitative estimate of drug-likeness (QED) is 0.875. The molecule has 6 heteroatoms. The van der Waals surface area contributed by atoms with E-state index >= 15 is 0 Å². The highest BCUT2D eigenvalue weighted by Gasteiger charge is 2.40. The highest BCUT2D eigenvalue weighted by atomic mass is 79.9. The SMILES string of the molecule is CC1=NC(C)=C(C(=O)O)C(c2cccc(Br)c2)C1C(=O)O. The molecule has 0 bridgehead atoms. The molecule has 2 N–H and O–H groups in total. The highest BCUT2D eigenvalue weighted by molar-refractivity contribution is 9.10. The molecule has 0 saturated carbocycles. The standard InChI is InChI=1S/C15H14BrNO4/c1-7-11(14(18)19)13(9-4-3-5-10(16)6-9)12(15(20)21)8(2)17-7/h3-6,11,13H,1-2H3,(H,18,19)(H,20,21). The van der Waals surface area contributed by atoms with E-state index in [1.165, 1.54) is 0 Å². The molecular weight excluding hydrogens is 338 g/mol. The number of carboxylic acids is 2. The van der Waals surface area contributed by atoms with Gasteiger partial charge in [-0.2, -0.15) is 0 Å². The summed E-state index contributed by atoms with van der Waals surface area (Å²) in [5, 5.41) is 19.0. The average Bonchev–Trinajstić information content (AvgIpc) is 2.36. The first kappa shape index (κ1) is 15.4. The summed E-state index contributed by atoms with van der Waals surface area (Å²) in [6.07, 6.45) is 0. The van der Waals surface area contributed by atoms with Crippen LogP contribution in [0.3, 0.4) is 0 Å². The molecule has 5 nitrogen and oxygen atoms in total. The first-order chi connectivity index (χ1) is 9.82. The van der Waals surface area contributed by atoms with Crippen molar-refractivity contribution in [2.75, 3.05) is 0 Å². The van der Waals surface area contributed by atoms with E-state index < -0.39 is 23.8 Å². The van der Waals surface area contributed by atoms with E-state index in [4.69, 9.17) is 0 Å². The number of hydrogen-bond donors (Lipinski definition) is 2. The van der Waals surface area contributed by atoms with Gasteiger partial charge < -0.3 is 10.2 Å². The van der Waals surface area contributed by atoms with Crippen molar-refractivity contribution in [2.24, 2.45) is 10.9 Å². The Morgan fingerprint density at radius 2 is 1.90 bits per heavy atom. The predicted octanol–water partition coefficient (Wildman–Crippen LogP) is 3.07. The van der Waals surface area contributed by atoms with Crippen LogP contribution >= 0.6 is 15.9 Å². The summed E-state index contributed by atoms with van der Waals surface area (Å²) in [4.78, 5) is 27.3. The fraction of sp³-hybridized carbons (Fsp3) is 0.267. The van der Waals surface area contributed by atoms with E-state index in [2.05, 4.69) is 20.9 Å². The van der Waals surface area contributed by atoms with Crippen molar-refractivity contribution < 1.29 is 19.8 Å². The van der Waals surface area contributed by atoms with Crippen LogP contribution in [0.1, 0.15) is 25.3 Å². The van der Waals surface area contributed by atoms with Crippen molar-refractivity contribution in [3.8, 4) is 0 Å². The zero-order valence-electron chi connectivity index (χ0n) is 11.5. The van der Waals surface area contributed by atoms with Gasteiger partial charge in [-0.25, -0.2) is 4.79 Å². The predicted molar refractivity (Wildman–Crippen MR) is 81.5 cm³/mol. The molecule has 0 aromatic heterocycles. The van der Waals surface area contributed by atoms with Gasteiger partial charge in [0.25, 0.3) is 0 Å². The molecule has 1 aromatic rings. The fourth-order valence-electron chi connectivity index (χ4n) is 2.70. The summed E-state index contributed by atoms with van der Waals surface area (Å²) in [5.41, 5.74) is 1.44. The zero-order chi connectivity index (χ0) is 15.7. The minimum absolute atomic E-state index is 0.0334. The Morgan fingerprint density at radius 1 is 1.24 bits per heavy atom. The first-order valence-corrected chi connectivity index (χ1v) is 7.09. The average molecular weight is 352 g/mol. The maximum atomic E-state index is 11.6. The maximum Gasteiger partial charge on any atom is 0.334 e. The monoisotopic (exact) mass is 351 g/mol. The highest BCUT2D eigenvalue weighted by Crippen LogP contribution is 2.39. The van der Waals surface area contributed by atoms with Crippen LogP contribution in [-0.2, 0) is 9.59 Å². The van der Waals surface area contributed by atoms with Crippen LogP contribution in [0.15, 0.2) is 45.0 Å². The van der Waals surface area contributed by atoms with Crippen molar-refractivity contribution in [3.63, 3.8) is 0 Å². The van der Waals surface area contributed by atoms with E-state index in [-0.39, 0.29) is 5.57 Å². The molecule has 0 fully saturated rings. The van der Waals surface area contributed by atoms with Crippen molar-refractivity contribution >= 4 is 33.6 Å². The molecule has 1 aliphatic heterocycles. The number of hydrogen-bond acceptors (Lipinski definition) is 3. The van der Waals surface area contributed by atoms with Crippen LogP contribution in [0.2, 0.25) is 0 Å². The molecule has 0 spiro atoms. The van der Waals surface area contributed by atoms with Crippen LogP contribution in [0.5, 0.6) is 0 Å². The van der Waals surface area contributed by atoms with Crippen molar-refractivity contribution in [1.29, 1.82) is 0 Å². The molecule has 21 heavy (non-hydrogen) atoms. The fourth-order valence-corrected chi connectivity index (χ4v) is 3.11. The molecular formula is C15H14BrNO4. The van der Waals surface area contributed by atoms with Gasteiger partial charge in [-0.15, -0.1) is 0 Å². The Labute approximate surface area is 130 Å². The first-order valence-electron chi connectivity index (χ1n) is 6.30. The smallest absolute Gasteiger partial charge is 0.334 e. The lowest BCUT2D eigenvalue weighted by atomic mass is 9.76. The molecule has 2 unspecified atom stereocenters. The summed E-state index contributed by atoms with van der Waals surface area (Å²) in [6.45, 7) is 3.21. The minimum Gasteiger partial charge on any atom is -0.481 e. The van der Waals surface area contributed by atoms with Gasteiger partial charge in [0.1, 0.15) is 5.92 Å². The largest absolute Gasteiger partial charge is 0.481 e. The van der Waals surface area contributed by atoms with E-state index in [1.807, 2.05) is 0 Å². The molecule has 0 aliphatic carbocycles. The van der Waals surface area contributed by atoms with Gasteiger partial charge in [-0.3, -0.25) is 9.79 Å². The van der Waals surface area contributed by atoms with E-state index in [9.17, 15) is 19.8 Å². The molecule has 0 radical (unpaired) electrons. The van der Waals surface area contributed by atoms with Crippen molar-refractivity contribution in [2.45, 2.75) is 19.8 Å². The number of rotatable bonds is 3. The second kappa shape index (κ2) is 5.81. The number of aliphatic imine (C=N–C) groups is 1. The van der Waals surface area contributed by atoms with E-state index in [0.717, 1.165) is 4.47 Å². The van der Waals surface area contributed by atoms with Gasteiger partial charge in [0.05, 0.1) is 5.57 Å². The number of allylic oxidation sites excluding steroid dienone is 1. The Kier molecular flexibility index (Phi) is 4.27. The number of nitrogens with zero attached hydrogens (tertiary/aromatic N) is 1. The third-order valence-electron chi connectivity index (χ3n) is 3.53. The van der Waals surface area contributed by atoms with E-state index in [1.54, 1.807) is 38.1 Å². The Hall–Kier alpha value is -1.95. The molecule has 1 heterocycles. The Balaban J connectivity index is 2.68. The Bertz CT molecular complexity index is 678. The molecule has 2 atom stereocenters. The summed E-state index contributed by atoms with van der Waals surface area (Å²) in [7, 11) is 0.